The normalized spacial score (nSPS) is 24.5. The van der Waals surface area contributed by atoms with Gasteiger partial charge in [0.05, 0.1) is 0 Å². The zero-order valence-corrected chi connectivity index (χ0v) is 10.6. The number of aliphatic hydroxyl groups excluding tert-OH is 1. The second kappa shape index (κ2) is 4.49. The van der Waals surface area contributed by atoms with Crippen molar-refractivity contribution in [1.29, 1.82) is 0 Å². The fourth-order valence-electron chi connectivity index (χ4n) is 2.50. The molecule has 1 aliphatic rings. The van der Waals surface area contributed by atoms with Crippen LogP contribution in [0.15, 0.2) is 18.2 Å². The Balaban J connectivity index is 2.40. The highest BCUT2D eigenvalue weighted by atomic mass is 16.3. The molecule has 1 heterocycles. The Morgan fingerprint density at radius 1 is 1.41 bits per heavy atom. The van der Waals surface area contributed by atoms with Gasteiger partial charge in [-0.15, -0.1) is 0 Å². The molecule has 1 aromatic rings. The van der Waals surface area contributed by atoms with Crippen molar-refractivity contribution in [1.82, 2.24) is 0 Å². The third-order valence-electron chi connectivity index (χ3n) is 3.87. The molecule has 92 valence electrons. The van der Waals surface area contributed by atoms with E-state index in [-0.39, 0.29) is 24.5 Å². The maximum Gasteiger partial charge on any atom is 0.227 e. The van der Waals surface area contributed by atoms with Crippen LogP contribution >= 0.6 is 0 Å². The zero-order valence-electron chi connectivity index (χ0n) is 10.6. The van der Waals surface area contributed by atoms with Crippen LogP contribution in [0.25, 0.3) is 0 Å². The molecule has 0 aliphatic carbocycles. The van der Waals surface area contributed by atoms with Gasteiger partial charge in [-0.3, -0.25) is 4.79 Å². The van der Waals surface area contributed by atoms with E-state index in [0.29, 0.717) is 6.42 Å². The maximum absolute atomic E-state index is 12.0. The number of anilines is 1. The molecule has 1 saturated heterocycles. The van der Waals surface area contributed by atoms with Crippen molar-refractivity contribution in [2.45, 2.75) is 33.2 Å². The molecule has 0 aromatic heterocycles. The van der Waals surface area contributed by atoms with Crippen LogP contribution in [0.1, 0.15) is 24.5 Å². The molecule has 1 aromatic carbocycles. The predicted molar refractivity (Wildman–Crippen MR) is 68.1 cm³/mol. The summed E-state index contributed by atoms with van der Waals surface area (Å²) in [5, 5.41) is 9.26. The Morgan fingerprint density at radius 2 is 2.12 bits per heavy atom. The van der Waals surface area contributed by atoms with Crippen molar-refractivity contribution >= 4 is 11.6 Å². The summed E-state index contributed by atoms with van der Waals surface area (Å²) >= 11 is 0. The molecule has 0 spiro atoms. The Labute approximate surface area is 102 Å². The van der Waals surface area contributed by atoms with E-state index in [9.17, 15) is 9.90 Å². The molecule has 2 atom stereocenters. The molecule has 1 fully saturated rings. The van der Waals surface area contributed by atoms with Gasteiger partial charge >= 0.3 is 0 Å². The van der Waals surface area contributed by atoms with Gasteiger partial charge in [-0.25, -0.2) is 0 Å². The van der Waals surface area contributed by atoms with Crippen LogP contribution in [-0.4, -0.2) is 23.7 Å². The summed E-state index contributed by atoms with van der Waals surface area (Å²) in [5.41, 5.74) is 3.32. The highest BCUT2D eigenvalue weighted by Gasteiger charge is 2.37. The average Bonchev–Trinajstić information content (AvgIpc) is 2.58. The monoisotopic (exact) mass is 233 g/mol. The molecule has 1 N–H and O–H groups in total. The summed E-state index contributed by atoms with van der Waals surface area (Å²) < 4.78 is 0. The highest BCUT2D eigenvalue weighted by Crippen LogP contribution is 2.33. The predicted octanol–water partition coefficient (Wildman–Crippen LogP) is 2.04. The Kier molecular flexibility index (Phi) is 3.20. The lowest BCUT2D eigenvalue weighted by molar-refractivity contribution is -0.117. The molecule has 1 aliphatic heterocycles. The molecule has 2 rings (SSSR count). The van der Waals surface area contributed by atoms with Gasteiger partial charge in [-0.2, -0.15) is 0 Å². The summed E-state index contributed by atoms with van der Waals surface area (Å²) in [7, 11) is 0. The molecule has 0 saturated carbocycles. The van der Waals surface area contributed by atoms with Crippen LogP contribution in [0.3, 0.4) is 0 Å². The smallest absolute Gasteiger partial charge is 0.227 e. The summed E-state index contributed by atoms with van der Waals surface area (Å²) in [5.74, 6) is 0.174. The molecule has 3 nitrogen and oxygen atoms in total. The number of benzene rings is 1. The zero-order chi connectivity index (χ0) is 12.6. The Hall–Kier alpha value is -1.35. The van der Waals surface area contributed by atoms with Gasteiger partial charge in [-0.1, -0.05) is 12.1 Å². The van der Waals surface area contributed by atoms with E-state index in [1.54, 1.807) is 0 Å². The van der Waals surface area contributed by atoms with Crippen LogP contribution < -0.4 is 4.90 Å². The van der Waals surface area contributed by atoms with E-state index in [0.717, 1.165) is 11.3 Å². The van der Waals surface area contributed by atoms with Gasteiger partial charge in [0.2, 0.25) is 5.91 Å². The minimum Gasteiger partial charge on any atom is -0.396 e. The summed E-state index contributed by atoms with van der Waals surface area (Å²) in [4.78, 5) is 13.9. The van der Waals surface area contributed by atoms with Crippen LogP contribution in [0.4, 0.5) is 5.69 Å². The number of rotatable bonds is 2. The summed E-state index contributed by atoms with van der Waals surface area (Å²) in [6.07, 6.45) is 0.449. The highest BCUT2D eigenvalue weighted by molar-refractivity contribution is 5.97. The molecule has 1 amide bonds. The first-order valence-corrected chi connectivity index (χ1v) is 6.05. The van der Waals surface area contributed by atoms with Crippen molar-refractivity contribution in [3.8, 4) is 0 Å². The van der Waals surface area contributed by atoms with Crippen molar-refractivity contribution in [3.05, 3.63) is 29.3 Å². The van der Waals surface area contributed by atoms with Crippen LogP contribution in [0, 0.1) is 19.8 Å². The van der Waals surface area contributed by atoms with Gasteiger partial charge in [0, 0.05) is 30.7 Å². The number of hydrogen-bond acceptors (Lipinski definition) is 2. The van der Waals surface area contributed by atoms with E-state index in [2.05, 4.69) is 0 Å². The van der Waals surface area contributed by atoms with Crippen LogP contribution in [0.2, 0.25) is 0 Å². The first-order valence-electron chi connectivity index (χ1n) is 6.05. The van der Waals surface area contributed by atoms with Crippen LogP contribution in [0.5, 0.6) is 0 Å². The van der Waals surface area contributed by atoms with Crippen molar-refractivity contribution in [2.75, 3.05) is 11.5 Å². The SMILES string of the molecule is Cc1cccc(N2C(=O)CC(CO)C2C)c1C. The first kappa shape index (κ1) is 12.1. The van der Waals surface area contributed by atoms with E-state index in [1.165, 1.54) is 5.56 Å². The molecule has 17 heavy (non-hydrogen) atoms. The topological polar surface area (TPSA) is 40.5 Å². The lowest BCUT2D eigenvalue weighted by Gasteiger charge is -2.26. The first-order chi connectivity index (χ1) is 8.06. The molecule has 3 heteroatoms. The minimum absolute atomic E-state index is 0.0578. The lowest BCUT2D eigenvalue weighted by atomic mass is 10.0. The number of aliphatic hydroxyl groups is 1. The van der Waals surface area contributed by atoms with Gasteiger partial charge in [0.15, 0.2) is 0 Å². The average molecular weight is 233 g/mol. The molecular weight excluding hydrogens is 214 g/mol. The third kappa shape index (κ3) is 1.95. The van der Waals surface area contributed by atoms with E-state index < -0.39 is 0 Å². The third-order valence-corrected chi connectivity index (χ3v) is 3.87. The quantitative estimate of drug-likeness (QED) is 0.849. The van der Waals surface area contributed by atoms with Crippen molar-refractivity contribution in [3.63, 3.8) is 0 Å². The molecule has 0 radical (unpaired) electrons. The number of carbonyl (C=O) groups excluding carboxylic acids is 1. The van der Waals surface area contributed by atoms with Gasteiger partial charge in [0.1, 0.15) is 0 Å². The number of carbonyl (C=O) groups is 1. The standard InChI is InChI=1S/C14H19NO2/c1-9-5-4-6-13(10(9)2)15-11(3)12(8-16)7-14(15)17/h4-6,11-12,16H,7-8H2,1-3H3. The summed E-state index contributed by atoms with van der Waals surface area (Å²) in [6, 6.07) is 6.08. The van der Waals surface area contributed by atoms with Crippen molar-refractivity contribution < 1.29 is 9.90 Å². The second-order valence-corrected chi connectivity index (χ2v) is 4.87. The maximum atomic E-state index is 12.0. The van der Waals surface area contributed by atoms with Gasteiger partial charge < -0.3 is 10.0 Å². The molecular formula is C14H19NO2. The van der Waals surface area contributed by atoms with Crippen LogP contribution in [-0.2, 0) is 4.79 Å². The Morgan fingerprint density at radius 3 is 2.71 bits per heavy atom. The second-order valence-electron chi connectivity index (χ2n) is 4.87. The number of amides is 1. The largest absolute Gasteiger partial charge is 0.396 e. The molecule has 2 unspecified atom stereocenters. The van der Waals surface area contributed by atoms with E-state index >= 15 is 0 Å². The van der Waals surface area contributed by atoms with E-state index in [4.69, 9.17) is 0 Å². The van der Waals surface area contributed by atoms with Gasteiger partial charge in [0.25, 0.3) is 0 Å². The number of hydrogen-bond donors (Lipinski definition) is 1. The fourth-order valence-corrected chi connectivity index (χ4v) is 2.50. The van der Waals surface area contributed by atoms with Crippen molar-refractivity contribution in [2.24, 2.45) is 5.92 Å². The number of nitrogens with zero attached hydrogens (tertiary/aromatic N) is 1. The van der Waals surface area contributed by atoms with Gasteiger partial charge in [-0.05, 0) is 38.0 Å². The number of aryl methyl sites for hydroxylation is 1. The minimum atomic E-state index is 0.0578. The lowest BCUT2D eigenvalue weighted by Crippen LogP contribution is -2.34. The van der Waals surface area contributed by atoms with E-state index in [1.807, 2.05) is 43.9 Å². The Bertz CT molecular complexity index is 442. The fraction of sp³-hybridized carbons (Fsp3) is 0.500. The molecule has 0 bridgehead atoms. The summed E-state index contributed by atoms with van der Waals surface area (Å²) in [6.45, 7) is 6.17.